The van der Waals surface area contributed by atoms with Gasteiger partial charge >= 0.3 is 0 Å². The largest absolute Gasteiger partial charge is 0.497 e. The van der Waals surface area contributed by atoms with Crippen molar-refractivity contribution in [2.24, 2.45) is 10.3 Å². The Bertz CT molecular complexity index is 942. The minimum atomic E-state index is -0.909. The highest BCUT2D eigenvalue weighted by Gasteiger charge is 2.55. The zero-order valence-corrected chi connectivity index (χ0v) is 15.3. The van der Waals surface area contributed by atoms with E-state index < -0.39 is 23.9 Å². The Morgan fingerprint density at radius 1 is 0.963 bits per heavy atom. The molecule has 0 N–H and O–H groups in total. The molecule has 0 radical (unpaired) electrons. The lowest BCUT2D eigenvalue weighted by molar-refractivity contribution is -0.121. The lowest BCUT2D eigenvalue weighted by Crippen LogP contribution is -2.39. The molecule has 2 atom stereocenters. The molecule has 2 amide bonds. The summed E-state index contributed by atoms with van der Waals surface area (Å²) in [6.45, 7) is 0. The third-order valence-electron chi connectivity index (χ3n) is 4.45. The lowest BCUT2D eigenvalue weighted by atomic mass is 10.1. The number of carbonyl (C=O) groups excluding carboxylic acids is 2. The number of benzene rings is 2. The summed E-state index contributed by atoms with van der Waals surface area (Å²) < 4.78 is 10.5. The minimum Gasteiger partial charge on any atom is -0.497 e. The van der Waals surface area contributed by atoms with E-state index in [1.165, 1.54) is 19.2 Å². The molecule has 0 unspecified atom stereocenters. The molecule has 2 aromatic rings. The topological polar surface area (TPSA) is 83.8 Å². The zero-order valence-electron chi connectivity index (χ0n) is 14.5. The third kappa shape index (κ3) is 2.78. The highest BCUT2D eigenvalue weighted by Crippen LogP contribution is 2.37. The Hall–Kier alpha value is -3.13. The van der Waals surface area contributed by atoms with Crippen molar-refractivity contribution in [1.82, 2.24) is 0 Å². The van der Waals surface area contributed by atoms with Crippen LogP contribution in [0.3, 0.4) is 0 Å². The average molecular weight is 387 g/mol. The first-order valence-electron chi connectivity index (χ1n) is 8.10. The van der Waals surface area contributed by atoms with Crippen LogP contribution in [0.5, 0.6) is 11.5 Å². The van der Waals surface area contributed by atoms with E-state index in [4.69, 9.17) is 21.1 Å². The molecule has 0 aromatic heterocycles. The van der Waals surface area contributed by atoms with E-state index >= 15 is 0 Å². The smallest absolute Gasteiger partial charge is 0.263 e. The quantitative estimate of drug-likeness (QED) is 0.754. The van der Waals surface area contributed by atoms with Gasteiger partial charge in [0.2, 0.25) is 0 Å². The number of amides is 2. The molecular weight excluding hydrogens is 372 g/mol. The number of hydrogen-bond donors (Lipinski definition) is 0. The van der Waals surface area contributed by atoms with Crippen molar-refractivity contribution in [3.63, 3.8) is 0 Å². The maximum Gasteiger partial charge on any atom is 0.263 e. The van der Waals surface area contributed by atoms with E-state index in [-0.39, 0.29) is 0 Å². The Morgan fingerprint density at radius 2 is 1.67 bits per heavy atom. The van der Waals surface area contributed by atoms with E-state index in [9.17, 15) is 9.59 Å². The predicted molar refractivity (Wildman–Crippen MR) is 98.4 cm³/mol. The van der Waals surface area contributed by atoms with Gasteiger partial charge in [-0.3, -0.25) is 9.59 Å². The maximum absolute atomic E-state index is 13.1. The van der Waals surface area contributed by atoms with E-state index in [0.717, 1.165) is 4.90 Å². The van der Waals surface area contributed by atoms with Gasteiger partial charge in [0.15, 0.2) is 12.1 Å². The molecule has 2 heterocycles. The van der Waals surface area contributed by atoms with Crippen LogP contribution in [0.2, 0.25) is 5.02 Å². The van der Waals surface area contributed by atoms with Crippen LogP contribution < -0.4 is 19.4 Å². The predicted octanol–water partition coefficient (Wildman–Crippen LogP) is 2.86. The van der Waals surface area contributed by atoms with Gasteiger partial charge in [-0.1, -0.05) is 22.9 Å². The second-order valence-corrected chi connectivity index (χ2v) is 6.44. The molecule has 0 saturated carbocycles. The molecule has 8 nitrogen and oxygen atoms in total. The molecule has 138 valence electrons. The summed E-state index contributed by atoms with van der Waals surface area (Å²) in [5.41, 5.74) is 0.946. The monoisotopic (exact) mass is 386 g/mol. The summed E-state index contributed by atoms with van der Waals surface area (Å²) in [5, 5.41) is 9.94. The molecule has 2 aliphatic heterocycles. The van der Waals surface area contributed by atoms with E-state index in [2.05, 4.69) is 10.3 Å². The number of carbonyl (C=O) groups is 2. The normalized spacial score (nSPS) is 21.0. The Morgan fingerprint density at radius 3 is 2.30 bits per heavy atom. The minimum absolute atomic E-state index is 0.358. The van der Waals surface area contributed by atoms with E-state index in [1.807, 2.05) is 0 Å². The molecule has 27 heavy (non-hydrogen) atoms. The molecular formula is C18H15ClN4O4. The molecule has 1 saturated heterocycles. The molecule has 1 fully saturated rings. The average Bonchev–Trinajstić information content (AvgIpc) is 3.21. The zero-order chi connectivity index (χ0) is 19.1. The first-order valence-corrected chi connectivity index (χ1v) is 8.47. The number of methoxy groups -OCH3 is 2. The fraction of sp³-hybridized carbons (Fsp3) is 0.222. The number of rotatable bonds is 4. The first-order chi connectivity index (χ1) is 13.0. The van der Waals surface area contributed by atoms with Crippen molar-refractivity contribution in [1.29, 1.82) is 0 Å². The van der Waals surface area contributed by atoms with Crippen LogP contribution in [0.1, 0.15) is 0 Å². The fourth-order valence-corrected chi connectivity index (χ4v) is 3.35. The Labute approximate surface area is 159 Å². The van der Waals surface area contributed by atoms with Crippen molar-refractivity contribution in [3.05, 3.63) is 47.5 Å². The lowest BCUT2D eigenvalue weighted by Gasteiger charge is -2.21. The number of nitrogens with zero attached hydrogens (tertiary/aromatic N) is 4. The summed E-state index contributed by atoms with van der Waals surface area (Å²) in [6.07, 6.45) is 0. The molecule has 9 heteroatoms. The van der Waals surface area contributed by atoms with Crippen LogP contribution >= 0.6 is 11.6 Å². The molecule has 0 spiro atoms. The van der Waals surface area contributed by atoms with Crippen LogP contribution in [0.25, 0.3) is 0 Å². The van der Waals surface area contributed by atoms with E-state index in [0.29, 0.717) is 27.9 Å². The number of anilines is 2. The number of ether oxygens (including phenoxy) is 2. The van der Waals surface area contributed by atoms with Gasteiger partial charge < -0.3 is 9.47 Å². The van der Waals surface area contributed by atoms with Crippen molar-refractivity contribution in [3.8, 4) is 11.5 Å². The Balaban J connectivity index is 1.72. The van der Waals surface area contributed by atoms with Gasteiger partial charge in [0.1, 0.15) is 11.5 Å². The second kappa shape index (κ2) is 6.55. The fourth-order valence-electron chi connectivity index (χ4n) is 3.17. The molecule has 4 rings (SSSR count). The van der Waals surface area contributed by atoms with Gasteiger partial charge in [-0.2, -0.15) is 5.11 Å². The highest BCUT2D eigenvalue weighted by molar-refractivity contribution is 6.31. The van der Waals surface area contributed by atoms with Gasteiger partial charge in [-0.15, -0.1) is 0 Å². The van der Waals surface area contributed by atoms with Crippen LogP contribution in [-0.2, 0) is 9.59 Å². The van der Waals surface area contributed by atoms with E-state index in [1.54, 1.807) is 42.5 Å². The summed E-state index contributed by atoms with van der Waals surface area (Å²) in [4.78, 5) is 27.0. The second-order valence-electron chi connectivity index (χ2n) is 6.00. The van der Waals surface area contributed by atoms with Gasteiger partial charge in [-0.05, 0) is 18.2 Å². The maximum atomic E-state index is 13.1. The Kier molecular flexibility index (Phi) is 4.19. The van der Waals surface area contributed by atoms with Gasteiger partial charge in [0, 0.05) is 23.2 Å². The number of halogens is 1. The van der Waals surface area contributed by atoms with Crippen LogP contribution in [-0.4, -0.2) is 38.1 Å². The van der Waals surface area contributed by atoms with Crippen LogP contribution in [0, 0.1) is 0 Å². The molecule has 0 aliphatic carbocycles. The van der Waals surface area contributed by atoms with Gasteiger partial charge in [-0.25, -0.2) is 9.91 Å². The standard InChI is InChI=1S/C18H15ClN4O4/c1-26-13-7-12(8-14(9-13)27-2)22-17(24)15-16(18(22)25)23(21-20-15)11-5-3-4-10(19)6-11/h3-9,15-16H,1-2H3/t15-,16+/m1/s1. The highest BCUT2D eigenvalue weighted by atomic mass is 35.5. The summed E-state index contributed by atoms with van der Waals surface area (Å²) in [5.74, 6) is 0.0598. The first kappa shape index (κ1) is 17.3. The summed E-state index contributed by atoms with van der Waals surface area (Å²) in [6, 6.07) is 9.97. The van der Waals surface area contributed by atoms with Gasteiger partial charge in [0.05, 0.1) is 25.6 Å². The number of fused-ring (bicyclic) bond motifs is 1. The molecule has 2 aromatic carbocycles. The SMILES string of the molecule is COc1cc(OC)cc(N2C(=O)[C@@H]3[C@@H](N=NN3c3cccc(Cl)c3)C2=O)c1. The molecule has 0 bridgehead atoms. The summed E-state index contributed by atoms with van der Waals surface area (Å²) in [7, 11) is 2.99. The number of hydrogen-bond acceptors (Lipinski definition) is 7. The van der Waals surface area contributed by atoms with Crippen LogP contribution in [0.4, 0.5) is 11.4 Å². The van der Waals surface area contributed by atoms with Crippen LogP contribution in [0.15, 0.2) is 52.8 Å². The van der Waals surface area contributed by atoms with Gasteiger partial charge in [0.25, 0.3) is 11.8 Å². The van der Waals surface area contributed by atoms with Crippen molar-refractivity contribution >= 4 is 34.8 Å². The number of imide groups is 1. The molecule has 2 aliphatic rings. The third-order valence-corrected chi connectivity index (χ3v) is 4.68. The van der Waals surface area contributed by atoms with Crippen molar-refractivity contribution in [2.75, 3.05) is 24.1 Å². The van der Waals surface area contributed by atoms with Crippen molar-refractivity contribution in [2.45, 2.75) is 12.1 Å². The summed E-state index contributed by atoms with van der Waals surface area (Å²) >= 11 is 6.03. The van der Waals surface area contributed by atoms with Crippen molar-refractivity contribution < 1.29 is 19.1 Å².